The fourth-order valence-corrected chi connectivity index (χ4v) is 3.57. The number of carbonyl (C=O) groups is 1. The Morgan fingerprint density at radius 1 is 1.00 bits per heavy atom. The van der Waals surface area contributed by atoms with Gasteiger partial charge in [0.05, 0.1) is 12.8 Å². The second kappa shape index (κ2) is 8.37. The van der Waals surface area contributed by atoms with Crippen LogP contribution in [0.4, 0.5) is 10.6 Å². The Kier molecular flexibility index (Phi) is 5.63. The van der Waals surface area contributed by atoms with Crippen molar-refractivity contribution in [2.24, 2.45) is 0 Å². The molecule has 162 valence electrons. The number of aromatic nitrogens is 3. The smallest absolute Gasteiger partial charge is 0.410 e. The molecule has 0 unspecified atom stereocenters. The highest BCUT2D eigenvalue weighted by Crippen LogP contribution is 2.33. The summed E-state index contributed by atoms with van der Waals surface area (Å²) < 4.78 is 11.0. The summed E-state index contributed by atoms with van der Waals surface area (Å²) in [6.07, 6.45) is 3.31. The van der Waals surface area contributed by atoms with Gasteiger partial charge in [0.15, 0.2) is 5.82 Å². The number of ether oxygens (including phenoxy) is 2. The average Bonchev–Trinajstić information content (AvgIpc) is 2.77. The van der Waals surface area contributed by atoms with Gasteiger partial charge in [0, 0.05) is 49.5 Å². The van der Waals surface area contributed by atoms with Crippen LogP contribution in [0.25, 0.3) is 22.0 Å². The van der Waals surface area contributed by atoms with E-state index in [9.17, 15) is 4.79 Å². The van der Waals surface area contributed by atoms with Crippen molar-refractivity contribution >= 4 is 22.7 Å². The number of hydrogen-bond acceptors (Lipinski definition) is 7. The summed E-state index contributed by atoms with van der Waals surface area (Å²) in [7, 11) is 1.65. The van der Waals surface area contributed by atoms with E-state index in [1.165, 1.54) is 0 Å². The van der Waals surface area contributed by atoms with Gasteiger partial charge in [0.25, 0.3) is 0 Å². The maximum atomic E-state index is 12.3. The molecule has 0 N–H and O–H groups in total. The number of benzene rings is 1. The van der Waals surface area contributed by atoms with E-state index in [0.717, 1.165) is 33.6 Å². The minimum atomic E-state index is -0.491. The summed E-state index contributed by atoms with van der Waals surface area (Å²) in [5.74, 6) is 1.53. The number of fused-ring (bicyclic) bond motifs is 1. The third-order valence-corrected chi connectivity index (χ3v) is 5.14. The number of pyridine rings is 1. The number of nitrogens with zero attached hydrogens (tertiary/aromatic N) is 5. The zero-order valence-electron chi connectivity index (χ0n) is 18.3. The van der Waals surface area contributed by atoms with Crippen molar-refractivity contribution in [2.75, 3.05) is 38.2 Å². The van der Waals surface area contributed by atoms with Crippen molar-refractivity contribution in [3.05, 3.63) is 42.7 Å². The lowest BCUT2D eigenvalue weighted by molar-refractivity contribution is 0.0240. The monoisotopic (exact) mass is 421 g/mol. The lowest BCUT2D eigenvalue weighted by atomic mass is 10.1. The van der Waals surface area contributed by atoms with E-state index in [1.807, 2.05) is 57.3 Å². The van der Waals surface area contributed by atoms with Crippen molar-refractivity contribution in [2.45, 2.75) is 26.4 Å². The maximum Gasteiger partial charge on any atom is 0.410 e. The van der Waals surface area contributed by atoms with E-state index < -0.39 is 5.60 Å². The molecule has 1 aliphatic heterocycles. The molecule has 0 spiro atoms. The van der Waals surface area contributed by atoms with Gasteiger partial charge in [-0.3, -0.25) is 4.98 Å². The Labute approximate surface area is 181 Å². The highest BCUT2D eigenvalue weighted by Gasteiger charge is 2.26. The molecule has 4 rings (SSSR count). The molecule has 1 saturated heterocycles. The highest BCUT2D eigenvalue weighted by atomic mass is 16.6. The number of methoxy groups -OCH3 is 1. The molecule has 3 heterocycles. The number of amides is 1. The Morgan fingerprint density at radius 2 is 1.77 bits per heavy atom. The third kappa shape index (κ3) is 4.68. The molecule has 8 heteroatoms. The quantitative estimate of drug-likeness (QED) is 0.637. The van der Waals surface area contributed by atoms with Crippen molar-refractivity contribution in [3.63, 3.8) is 0 Å². The van der Waals surface area contributed by atoms with Gasteiger partial charge < -0.3 is 19.3 Å². The van der Waals surface area contributed by atoms with E-state index >= 15 is 0 Å². The number of carbonyl (C=O) groups excluding carboxylic acids is 1. The van der Waals surface area contributed by atoms with Crippen LogP contribution in [0.15, 0.2) is 42.7 Å². The van der Waals surface area contributed by atoms with Gasteiger partial charge in [-0.05, 0) is 56.5 Å². The van der Waals surface area contributed by atoms with Crippen LogP contribution in [0, 0.1) is 0 Å². The Bertz CT molecular complexity index is 1070. The van der Waals surface area contributed by atoms with E-state index in [0.29, 0.717) is 26.2 Å². The van der Waals surface area contributed by atoms with E-state index in [1.54, 1.807) is 18.2 Å². The predicted molar refractivity (Wildman–Crippen MR) is 119 cm³/mol. The molecule has 1 amide bonds. The van der Waals surface area contributed by atoms with E-state index in [4.69, 9.17) is 9.47 Å². The van der Waals surface area contributed by atoms with Crippen LogP contribution in [0.5, 0.6) is 5.75 Å². The lowest BCUT2D eigenvalue weighted by Gasteiger charge is -2.35. The van der Waals surface area contributed by atoms with Gasteiger partial charge in [0.1, 0.15) is 11.4 Å². The highest BCUT2D eigenvalue weighted by molar-refractivity contribution is 5.89. The fourth-order valence-electron chi connectivity index (χ4n) is 3.57. The summed E-state index contributed by atoms with van der Waals surface area (Å²) in [4.78, 5) is 20.3. The summed E-state index contributed by atoms with van der Waals surface area (Å²) in [5.41, 5.74) is 1.12. The molecule has 31 heavy (non-hydrogen) atoms. The van der Waals surface area contributed by atoms with Gasteiger partial charge in [-0.1, -0.05) is 0 Å². The summed E-state index contributed by atoms with van der Waals surface area (Å²) in [6.45, 7) is 8.15. The Hall–Kier alpha value is -3.42. The molecule has 1 aliphatic rings. The first-order chi connectivity index (χ1) is 14.8. The number of hydrogen-bond donors (Lipinski definition) is 0. The Balaban J connectivity index is 1.47. The molecule has 0 radical (unpaired) electrons. The molecule has 1 aromatic carbocycles. The first-order valence-electron chi connectivity index (χ1n) is 10.3. The van der Waals surface area contributed by atoms with Crippen LogP contribution in [-0.2, 0) is 4.74 Å². The molecule has 2 aromatic heterocycles. The maximum absolute atomic E-state index is 12.3. The third-order valence-electron chi connectivity index (χ3n) is 5.14. The van der Waals surface area contributed by atoms with Crippen molar-refractivity contribution in [3.8, 4) is 17.0 Å². The molecule has 0 bridgehead atoms. The van der Waals surface area contributed by atoms with Gasteiger partial charge in [0.2, 0.25) is 0 Å². The second-order valence-corrected chi connectivity index (χ2v) is 8.51. The van der Waals surface area contributed by atoms with Crippen molar-refractivity contribution < 1.29 is 14.3 Å². The molecule has 0 aliphatic carbocycles. The van der Waals surface area contributed by atoms with E-state index in [-0.39, 0.29) is 6.09 Å². The summed E-state index contributed by atoms with van der Waals surface area (Å²) >= 11 is 0. The van der Waals surface area contributed by atoms with E-state index in [2.05, 4.69) is 20.1 Å². The van der Waals surface area contributed by atoms with Crippen LogP contribution in [-0.4, -0.2) is 65.1 Å². The van der Waals surface area contributed by atoms with Gasteiger partial charge >= 0.3 is 6.09 Å². The van der Waals surface area contributed by atoms with Crippen molar-refractivity contribution in [1.82, 2.24) is 20.1 Å². The normalized spacial score (nSPS) is 14.6. The molecule has 0 saturated carbocycles. The zero-order valence-corrected chi connectivity index (χ0v) is 18.3. The minimum absolute atomic E-state index is 0.272. The second-order valence-electron chi connectivity index (χ2n) is 8.51. The first kappa shape index (κ1) is 20.8. The summed E-state index contributed by atoms with van der Waals surface area (Å²) in [5, 5.41) is 11.0. The molecule has 8 nitrogen and oxygen atoms in total. The standard InChI is InChI=1S/C23H27N5O3/c1-23(2,3)31-22(29)28-11-9-27(10-12-28)21-6-5-19(25-26-21)18-13-17-15-24-8-7-16(17)14-20(18)30-4/h5-8,13-15H,9-12H2,1-4H3. The molecule has 0 atom stereocenters. The fraction of sp³-hybridized carbons (Fsp3) is 0.391. The van der Waals surface area contributed by atoms with Gasteiger partial charge in [-0.2, -0.15) is 0 Å². The molecular formula is C23H27N5O3. The average molecular weight is 422 g/mol. The predicted octanol–water partition coefficient (Wildman–Crippen LogP) is 3.76. The van der Waals surface area contributed by atoms with Crippen LogP contribution in [0.2, 0.25) is 0 Å². The van der Waals surface area contributed by atoms with Crippen molar-refractivity contribution in [1.29, 1.82) is 0 Å². The first-order valence-corrected chi connectivity index (χ1v) is 10.3. The number of anilines is 1. The largest absolute Gasteiger partial charge is 0.496 e. The minimum Gasteiger partial charge on any atom is -0.496 e. The number of rotatable bonds is 3. The molecule has 3 aromatic rings. The van der Waals surface area contributed by atoms with Gasteiger partial charge in [-0.15, -0.1) is 10.2 Å². The van der Waals surface area contributed by atoms with Gasteiger partial charge in [-0.25, -0.2) is 4.79 Å². The molecular weight excluding hydrogens is 394 g/mol. The summed E-state index contributed by atoms with van der Waals surface area (Å²) in [6, 6.07) is 9.86. The zero-order chi connectivity index (χ0) is 22.0. The van der Waals surface area contributed by atoms with Crippen LogP contribution in [0.3, 0.4) is 0 Å². The Morgan fingerprint density at radius 3 is 2.42 bits per heavy atom. The SMILES string of the molecule is COc1cc2ccncc2cc1-c1ccc(N2CCN(C(=O)OC(C)(C)C)CC2)nn1. The van der Waals surface area contributed by atoms with Crippen LogP contribution >= 0.6 is 0 Å². The molecule has 1 fully saturated rings. The lowest BCUT2D eigenvalue weighted by Crippen LogP contribution is -2.50. The van der Waals surface area contributed by atoms with Crippen LogP contribution in [0.1, 0.15) is 20.8 Å². The topological polar surface area (TPSA) is 80.7 Å². The number of piperazine rings is 1. The van der Waals surface area contributed by atoms with Crippen LogP contribution < -0.4 is 9.64 Å².